The molecule has 2 heterocycles. The highest BCUT2D eigenvalue weighted by Gasteiger charge is 2.42. The molecule has 3 rings (SSSR count). The molecule has 1 N–H and O–H groups in total. The smallest absolute Gasteiger partial charge is 0.254 e. The number of amides is 1. The molecule has 2 fully saturated rings. The van der Waals surface area contributed by atoms with Gasteiger partial charge in [-0.3, -0.25) is 4.79 Å². The predicted molar refractivity (Wildman–Crippen MR) is 79.7 cm³/mol. The third-order valence-electron chi connectivity index (χ3n) is 5.19. The van der Waals surface area contributed by atoms with Crippen molar-refractivity contribution in [3.63, 3.8) is 0 Å². The Balaban J connectivity index is 1.72. The van der Waals surface area contributed by atoms with Gasteiger partial charge in [0.15, 0.2) is 0 Å². The fraction of sp³-hybridized carbons (Fsp3) is 0.750. The van der Waals surface area contributed by atoms with Crippen LogP contribution in [0.25, 0.3) is 0 Å². The van der Waals surface area contributed by atoms with Gasteiger partial charge in [-0.1, -0.05) is 26.2 Å². The van der Waals surface area contributed by atoms with Gasteiger partial charge in [-0.2, -0.15) is 0 Å². The van der Waals surface area contributed by atoms with Crippen molar-refractivity contribution in [2.24, 2.45) is 5.92 Å². The molecule has 1 saturated carbocycles. The Bertz CT molecular complexity index is 480. The molecule has 2 unspecified atom stereocenters. The van der Waals surface area contributed by atoms with E-state index in [9.17, 15) is 9.90 Å². The van der Waals surface area contributed by atoms with Gasteiger partial charge in [-0.05, 0) is 25.2 Å². The SMILES string of the molecule is CC1CCN(C(=O)C2(O)CCCCC2)CC1n1ccnc1. The van der Waals surface area contributed by atoms with Crippen LogP contribution in [0.1, 0.15) is 51.5 Å². The zero-order chi connectivity index (χ0) is 14.9. The van der Waals surface area contributed by atoms with Crippen LogP contribution in [0.4, 0.5) is 0 Å². The van der Waals surface area contributed by atoms with Crippen molar-refractivity contribution in [3.8, 4) is 0 Å². The molecule has 1 saturated heterocycles. The van der Waals surface area contributed by atoms with Crippen LogP contribution in [-0.4, -0.2) is 44.2 Å². The Morgan fingerprint density at radius 3 is 2.76 bits per heavy atom. The van der Waals surface area contributed by atoms with E-state index in [1.807, 2.05) is 17.4 Å². The van der Waals surface area contributed by atoms with E-state index in [1.54, 1.807) is 6.20 Å². The molecule has 0 aromatic carbocycles. The second-order valence-electron chi connectivity index (χ2n) is 6.69. The minimum absolute atomic E-state index is 0.0563. The summed E-state index contributed by atoms with van der Waals surface area (Å²) >= 11 is 0. The third-order valence-corrected chi connectivity index (χ3v) is 5.19. The first kappa shape index (κ1) is 14.6. The maximum Gasteiger partial charge on any atom is 0.254 e. The second-order valence-corrected chi connectivity index (χ2v) is 6.69. The molecule has 1 aromatic rings. The summed E-state index contributed by atoms with van der Waals surface area (Å²) in [4.78, 5) is 18.7. The molecule has 2 aliphatic rings. The van der Waals surface area contributed by atoms with Crippen molar-refractivity contribution in [3.05, 3.63) is 18.7 Å². The number of piperidine rings is 1. The van der Waals surface area contributed by atoms with Crippen LogP contribution >= 0.6 is 0 Å². The molecule has 116 valence electrons. The van der Waals surface area contributed by atoms with Gasteiger partial charge in [0, 0.05) is 25.5 Å². The monoisotopic (exact) mass is 291 g/mol. The van der Waals surface area contributed by atoms with Crippen LogP contribution in [-0.2, 0) is 4.79 Å². The molecule has 1 aromatic heterocycles. The second kappa shape index (κ2) is 5.79. The van der Waals surface area contributed by atoms with Gasteiger partial charge in [0.25, 0.3) is 5.91 Å². The van der Waals surface area contributed by atoms with E-state index < -0.39 is 5.60 Å². The molecule has 1 aliphatic heterocycles. The van der Waals surface area contributed by atoms with Gasteiger partial charge in [0.05, 0.1) is 12.4 Å². The lowest BCUT2D eigenvalue weighted by molar-refractivity contribution is -0.157. The zero-order valence-corrected chi connectivity index (χ0v) is 12.7. The van der Waals surface area contributed by atoms with Crippen LogP contribution in [0.15, 0.2) is 18.7 Å². The first-order valence-corrected chi connectivity index (χ1v) is 8.09. The average Bonchev–Trinajstić information content (AvgIpc) is 3.02. The Morgan fingerprint density at radius 1 is 1.33 bits per heavy atom. The molecule has 0 radical (unpaired) electrons. The largest absolute Gasteiger partial charge is 0.380 e. The van der Waals surface area contributed by atoms with E-state index >= 15 is 0 Å². The highest BCUT2D eigenvalue weighted by Crippen LogP contribution is 2.33. The number of hydrogen-bond acceptors (Lipinski definition) is 3. The minimum atomic E-state index is -1.11. The van der Waals surface area contributed by atoms with Crippen LogP contribution in [0, 0.1) is 5.92 Å². The maximum atomic E-state index is 12.7. The standard InChI is InChI=1S/C16H25N3O2/c1-13-5-9-18(11-14(13)19-10-8-17-12-19)15(20)16(21)6-3-2-4-7-16/h8,10,12-14,21H,2-7,9,11H2,1H3. The van der Waals surface area contributed by atoms with Gasteiger partial charge in [0.2, 0.25) is 0 Å². The first-order chi connectivity index (χ1) is 10.1. The fourth-order valence-electron chi connectivity index (χ4n) is 3.73. The van der Waals surface area contributed by atoms with Crippen molar-refractivity contribution in [1.82, 2.24) is 14.5 Å². The van der Waals surface area contributed by atoms with Crippen LogP contribution in [0.5, 0.6) is 0 Å². The van der Waals surface area contributed by atoms with E-state index in [1.165, 1.54) is 0 Å². The summed E-state index contributed by atoms with van der Waals surface area (Å²) in [7, 11) is 0. The van der Waals surface area contributed by atoms with Gasteiger partial charge in [-0.25, -0.2) is 4.98 Å². The Hall–Kier alpha value is -1.36. The number of hydrogen-bond donors (Lipinski definition) is 1. The van der Waals surface area contributed by atoms with E-state index in [-0.39, 0.29) is 11.9 Å². The summed E-state index contributed by atoms with van der Waals surface area (Å²) in [6.45, 7) is 3.66. The molecule has 5 nitrogen and oxygen atoms in total. The lowest BCUT2D eigenvalue weighted by Crippen LogP contribution is -2.54. The van der Waals surface area contributed by atoms with E-state index in [4.69, 9.17) is 0 Å². The minimum Gasteiger partial charge on any atom is -0.380 e. The zero-order valence-electron chi connectivity index (χ0n) is 12.7. The van der Waals surface area contributed by atoms with Crippen LogP contribution in [0.2, 0.25) is 0 Å². The number of carbonyl (C=O) groups is 1. The summed E-state index contributed by atoms with van der Waals surface area (Å²) in [5.41, 5.74) is -1.11. The molecular weight excluding hydrogens is 266 g/mol. The normalized spacial score (nSPS) is 29.3. The number of nitrogens with zero attached hydrogens (tertiary/aromatic N) is 3. The third kappa shape index (κ3) is 2.84. The Labute approximate surface area is 126 Å². The maximum absolute atomic E-state index is 12.7. The molecule has 0 bridgehead atoms. The molecule has 0 spiro atoms. The molecular formula is C16H25N3O2. The first-order valence-electron chi connectivity index (χ1n) is 8.09. The number of aromatic nitrogens is 2. The number of likely N-dealkylation sites (tertiary alicyclic amines) is 1. The lowest BCUT2D eigenvalue weighted by atomic mass is 9.82. The van der Waals surface area contributed by atoms with Gasteiger partial charge >= 0.3 is 0 Å². The molecule has 1 aliphatic carbocycles. The molecule has 1 amide bonds. The van der Waals surface area contributed by atoms with Gasteiger partial charge < -0.3 is 14.6 Å². The number of carbonyl (C=O) groups excluding carboxylic acids is 1. The number of rotatable bonds is 2. The topological polar surface area (TPSA) is 58.4 Å². The average molecular weight is 291 g/mol. The summed E-state index contributed by atoms with van der Waals surface area (Å²) in [6.07, 6.45) is 10.8. The summed E-state index contributed by atoms with van der Waals surface area (Å²) in [6, 6.07) is 0.261. The van der Waals surface area contributed by atoms with Crippen LogP contribution in [0.3, 0.4) is 0 Å². The Morgan fingerprint density at radius 2 is 2.10 bits per heavy atom. The Kier molecular flexibility index (Phi) is 4.02. The van der Waals surface area contributed by atoms with Crippen molar-refractivity contribution in [2.75, 3.05) is 13.1 Å². The molecule has 21 heavy (non-hydrogen) atoms. The van der Waals surface area contributed by atoms with Gasteiger partial charge in [0.1, 0.15) is 5.60 Å². The van der Waals surface area contributed by atoms with E-state index in [2.05, 4.69) is 16.5 Å². The highest BCUT2D eigenvalue weighted by molar-refractivity contribution is 5.85. The highest BCUT2D eigenvalue weighted by atomic mass is 16.3. The molecule has 2 atom stereocenters. The summed E-state index contributed by atoms with van der Waals surface area (Å²) in [5.74, 6) is 0.462. The van der Waals surface area contributed by atoms with Crippen molar-refractivity contribution in [1.29, 1.82) is 0 Å². The number of aliphatic hydroxyl groups is 1. The quantitative estimate of drug-likeness (QED) is 0.906. The van der Waals surface area contributed by atoms with Crippen molar-refractivity contribution >= 4 is 5.91 Å². The van der Waals surface area contributed by atoms with Crippen molar-refractivity contribution < 1.29 is 9.90 Å². The van der Waals surface area contributed by atoms with Crippen LogP contribution < -0.4 is 0 Å². The van der Waals surface area contributed by atoms with Gasteiger partial charge in [-0.15, -0.1) is 0 Å². The summed E-state index contributed by atoms with van der Waals surface area (Å²) in [5, 5.41) is 10.7. The van der Waals surface area contributed by atoms with Crippen molar-refractivity contribution in [2.45, 2.75) is 57.1 Å². The number of imidazole rings is 1. The fourth-order valence-corrected chi connectivity index (χ4v) is 3.73. The molecule has 5 heteroatoms. The lowest BCUT2D eigenvalue weighted by Gasteiger charge is -2.42. The predicted octanol–water partition coefficient (Wildman–Crippen LogP) is 1.99. The van der Waals surface area contributed by atoms with E-state index in [0.717, 1.165) is 32.2 Å². The summed E-state index contributed by atoms with van der Waals surface area (Å²) < 4.78 is 2.09. The van der Waals surface area contributed by atoms with E-state index in [0.29, 0.717) is 25.3 Å².